The number of fused-ring (bicyclic) bond motifs is 1. The average Bonchev–Trinajstić information content (AvgIpc) is 3.17. The van der Waals surface area contributed by atoms with Crippen molar-refractivity contribution in [3.8, 4) is 5.75 Å². The number of hydrogen-bond donors (Lipinski definition) is 1. The molecule has 1 N–H and O–H groups in total. The zero-order valence-corrected chi connectivity index (χ0v) is 18.9. The van der Waals surface area contributed by atoms with Gasteiger partial charge in [-0.2, -0.15) is 0 Å². The van der Waals surface area contributed by atoms with Crippen molar-refractivity contribution in [3.63, 3.8) is 0 Å². The molecule has 0 spiro atoms. The van der Waals surface area contributed by atoms with Crippen molar-refractivity contribution in [1.29, 1.82) is 0 Å². The number of nitrogens with one attached hydrogen (secondary N) is 1. The minimum absolute atomic E-state index is 0.111. The highest BCUT2D eigenvalue weighted by atomic mass is 19.1. The smallest absolute Gasteiger partial charge is 0.251 e. The number of ether oxygens (including phenoxy) is 1. The van der Waals surface area contributed by atoms with Gasteiger partial charge in [0.2, 0.25) is 0 Å². The number of halogens is 1. The van der Waals surface area contributed by atoms with Crippen molar-refractivity contribution in [2.24, 2.45) is 0 Å². The third kappa shape index (κ3) is 5.40. The molecule has 1 atom stereocenters. The second-order valence-corrected chi connectivity index (χ2v) is 8.07. The summed E-state index contributed by atoms with van der Waals surface area (Å²) in [5.74, 6) is 1.06. The molecular weight excluding hydrogens is 417 g/mol. The monoisotopic (exact) mass is 445 g/mol. The van der Waals surface area contributed by atoms with Crippen LogP contribution in [0.1, 0.15) is 54.5 Å². The molecule has 33 heavy (non-hydrogen) atoms. The zero-order chi connectivity index (χ0) is 23.2. The summed E-state index contributed by atoms with van der Waals surface area (Å²) in [6, 6.07) is 21.6. The van der Waals surface area contributed by atoms with Gasteiger partial charge in [-0.3, -0.25) is 4.79 Å². The second kappa shape index (κ2) is 10.3. The number of benzene rings is 3. The lowest BCUT2D eigenvalue weighted by molar-refractivity contribution is 0.0953. The summed E-state index contributed by atoms with van der Waals surface area (Å²) >= 11 is 0. The summed E-state index contributed by atoms with van der Waals surface area (Å²) in [6.07, 6.45) is 1.61. The van der Waals surface area contributed by atoms with Gasteiger partial charge in [-0.1, -0.05) is 43.7 Å². The van der Waals surface area contributed by atoms with Gasteiger partial charge < -0.3 is 14.6 Å². The molecule has 170 valence electrons. The van der Waals surface area contributed by atoms with Crippen LogP contribution in [0.4, 0.5) is 4.39 Å². The maximum atomic E-state index is 13.8. The number of carbonyl (C=O) groups is 1. The van der Waals surface area contributed by atoms with Gasteiger partial charge in [0.1, 0.15) is 11.6 Å². The van der Waals surface area contributed by atoms with Crippen LogP contribution >= 0.6 is 0 Å². The second-order valence-electron chi connectivity index (χ2n) is 8.07. The van der Waals surface area contributed by atoms with Gasteiger partial charge in [0.15, 0.2) is 11.9 Å². The number of unbranched alkanes of at least 4 members (excludes halogenated alkanes) is 1. The molecule has 6 heteroatoms. The lowest BCUT2D eigenvalue weighted by Crippen LogP contribution is -2.24. The van der Waals surface area contributed by atoms with Crippen molar-refractivity contribution in [1.82, 2.24) is 14.9 Å². The molecule has 0 aliphatic heterocycles. The van der Waals surface area contributed by atoms with E-state index in [1.165, 1.54) is 12.1 Å². The Morgan fingerprint density at radius 3 is 2.67 bits per heavy atom. The van der Waals surface area contributed by atoms with Gasteiger partial charge >= 0.3 is 0 Å². The molecule has 0 aliphatic carbocycles. The first kappa shape index (κ1) is 22.5. The molecule has 0 saturated carbocycles. The lowest BCUT2D eigenvalue weighted by atomic mass is 10.1. The third-order valence-corrected chi connectivity index (χ3v) is 5.51. The first-order chi connectivity index (χ1) is 16.0. The summed E-state index contributed by atoms with van der Waals surface area (Å²) in [6.45, 7) is 5.11. The van der Waals surface area contributed by atoms with Crippen LogP contribution in [0, 0.1) is 5.82 Å². The van der Waals surface area contributed by atoms with Gasteiger partial charge in [-0.05, 0) is 61.4 Å². The maximum Gasteiger partial charge on any atom is 0.251 e. The van der Waals surface area contributed by atoms with Crippen LogP contribution in [0.15, 0.2) is 72.8 Å². The Bertz CT molecular complexity index is 1240. The van der Waals surface area contributed by atoms with Crippen LogP contribution < -0.4 is 10.1 Å². The number of amides is 1. The van der Waals surface area contributed by atoms with Gasteiger partial charge in [0.05, 0.1) is 11.0 Å². The van der Waals surface area contributed by atoms with Crippen LogP contribution in [0.2, 0.25) is 0 Å². The number of nitrogens with zero attached hydrogens (tertiary/aromatic N) is 2. The highest BCUT2D eigenvalue weighted by Crippen LogP contribution is 2.27. The van der Waals surface area contributed by atoms with Gasteiger partial charge in [-0.15, -0.1) is 0 Å². The Labute approximate surface area is 193 Å². The van der Waals surface area contributed by atoms with E-state index in [1.807, 2.05) is 54.0 Å². The predicted molar refractivity (Wildman–Crippen MR) is 128 cm³/mol. The molecule has 0 fully saturated rings. The number of rotatable bonds is 9. The maximum absolute atomic E-state index is 13.8. The largest absolute Gasteiger partial charge is 0.483 e. The Hall–Kier alpha value is -3.67. The molecule has 1 amide bonds. The fourth-order valence-corrected chi connectivity index (χ4v) is 3.82. The highest BCUT2D eigenvalue weighted by Gasteiger charge is 2.20. The molecule has 1 unspecified atom stereocenters. The summed E-state index contributed by atoms with van der Waals surface area (Å²) < 4.78 is 22.0. The summed E-state index contributed by atoms with van der Waals surface area (Å²) in [7, 11) is 0. The van der Waals surface area contributed by atoms with E-state index < -0.39 is 0 Å². The van der Waals surface area contributed by atoms with E-state index in [1.54, 1.807) is 18.2 Å². The fraction of sp³-hybridized carbons (Fsp3) is 0.259. The minimum atomic E-state index is -0.352. The molecule has 0 saturated heterocycles. The standard InChI is InChI=1S/C27H28FN3O2/c1-3-4-15-29-27(32)21-13-14-25-24(17-21)30-26(19(2)33-23-11-6-5-7-12-23)31(25)18-20-9-8-10-22(28)16-20/h5-14,16-17,19H,3-4,15,18H2,1-2H3,(H,29,32). The van der Waals surface area contributed by atoms with Crippen LogP contribution in [0.5, 0.6) is 5.75 Å². The van der Waals surface area contributed by atoms with Gasteiger partial charge in [0.25, 0.3) is 5.91 Å². The van der Waals surface area contributed by atoms with Crippen molar-refractivity contribution in [2.45, 2.75) is 39.3 Å². The molecule has 0 bridgehead atoms. The molecular formula is C27H28FN3O2. The molecule has 0 radical (unpaired) electrons. The Morgan fingerprint density at radius 1 is 1.09 bits per heavy atom. The van der Waals surface area contributed by atoms with E-state index in [0.29, 0.717) is 30.0 Å². The molecule has 0 aliphatic rings. The minimum Gasteiger partial charge on any atom is -0.483 e. The average molecular weight is 446 g/mol. The number of hydrogen-bond acceptors (Lipinski definition) is 3. The van der Waals surface area contributed by atoms with Gasteiger partial charge in [0, 0.05) is 18.7 Å². The Kier molecular flexibility index (Phi) is 7.03. The van der Waals surface area contributed by atoms with Crippen molar-refractivity contribution in [2.75, 3.05) is 6.54 Å². The molecule has 3 aromatic carbocycles. The fourth-order valence-electron chi connectivity index (χ4n) is 3.82. The normalized spacial score (nSPS) is 12.0. The first-order valence-corrected chi connectivity index (χ1v) is 11.3. The van der Waals surface area contributed by atoms with Gasteiger partial charge in [-0.25, -0.2) is 9.37 Å². The number of para-hydroxylation sites is 1. The van der Waals surface area contributed by atoms with E-state index in [4.69, 9.17) is 9.72 Å². The Balaban J connectivity index is 1.70. The summed E-state index contributed by atoms with van der Waals surface area (Å²) in [5, 5.41) is 2.95. The molecule has 4 rings (SSSR count). The Morgan fingerprint density at radius 2 is 1.91 bits per heavy atom. The van der Waals surface area contributed by atoms with Crippen LogP contribution in [-0.4, -0.2) is 22.0 Å². The van der Waals surface area contributed by atoms with E-state index in [2.05, 4.69) is 12.2 Å². The highest BCUT2D eigenvalue weighted by molar-refractivity contribution is 5.97. The number of aromatic nitrogens is 2. The molecule has 1 aromatic heterocycles. The van der Waals surface area contributed by atoms with Crippen LogP contribution in [0.3, 0.4) is 0 Å². The lowest BCUT2D eigenvalue weighted by Gasteiger charge is -2.17. The SMILES string of the molecule is CCCCNC(=O)c1ccc2c(c1)nc(C(C)Oc1ccccc1)n2Cc1cccc(F)c1. The summed E-state index contributed by atoms with van der Waals surface area (Å²) in [5.41, 5.74) is 2.96. The predicted octanol–water partition coefficient (Wildman–Crippen LogP) is 5.89. The van der Waals surface area contributed by atoms with E-state index >= 15 is 0 Å². The number of carbonyl (C=O) groups excluding carboxylic acids is 1. The van der Waals surface area contributed by atoms with E-state index in [-0.39, 0.29) is 17.8 Å². The first-order valence-electron chi connectivity index (χ1n) is 11.3. The van der Waals surface area contributed by atoms with E-state index in [0.717, 1.165) is 29.7 Å². The zero-order valence-electron chi connectivity index (χ0n) is 18.9. The molecule has 1 heterocycles. The summed E-state index contributed by atoms with van der Waals surface area (Å²) in [4.78, 5) is 17.4. The van der Waals surface area contributed by atoms with Crippen molar-refractivity contribution >= 4 is 16.9 Å². The van der Waals surface area contributed by atoms with Crippen LogP contribution in [-0.2, 0) is 6.54 Å². The van der Waals surface area contributed by atoms with Crippen molar-refractivity contribution < 1.29 is 13.9 Å². The quantitative estimate of drug-likeness (QED) is 0.327. The third-order valence-electron chi connectivity index (χ3n) is 5.51. The van der Waals surface area contributed by atoms with E-state index in [9.17, 15) is 9.18 Å². The van der Waals surface area contributed by atoms with Crippen LogP contribution in [0.25, 0.3) is 11.0 Å². The molecule has 4 aromatic rings. The molecule has 5 nitrogen and oxygen atoms in total. The van der Waals surface area contributed by atoms with Crippen molar-refractivity contribution in [3.05, 3.63) is 95.6 Å². The topological polar surface area (TPSA) is 56.1 Å². The number of imidazole rings is 1.